The van der Waals surface area contributed by atoms with Crippen LogP contribution in [0, 0.1) is 0 Å². The fourth-order valence-electron chi connectivity index (χ4n) is 3.92. The van der Waals surface area contributed by atoms with Crippen LogP contribution in [0.5, 0.6) is 0 Å². The minimum atomic E-state index is -3.86. The lowest BCUT2D eigenvalue weighted by molar-refractivity contribution is -0.139. The van der Waals surface area contributed by atoms with Crippen molar-refractivity contribution in [1.29, 1.82) is 0 Å². The second-order valence-corrected chi connectivity index (χ2v) is 11.7. The Kier molecular flexibility index (Phi) is 9.45. The number of hydrogen-bond donors (Lipinski definition) is 1. The molecule has 1 N–H and O–H groups in total. The molecule has 2 amide bonds. The van der Waals surface area contributed by atoms with Crippen molar-refractivity contribution in [2.75, 3.05) is 17.1 Å². The number of fused-ring (bicyclic) bond motifs is 1. The molecule has 3 rings (SSSR count). The number of benzene rings is 3. The molecule has 0 aliphatic carbocycles. The lowest BCUT2D eigenvalue weighted by atomic mass is 10.1. The molecule has 0 saturated carbocycles. The Bertz CT molecular complexity index is 1370. The molecule has 0 bridgehead atoms. The van der Waals surface area contributed by atoms with Crippen molar-refractivity contribution in [3.63, 3.8) is 0 Å². The van der Waals surface area contributed by atoms with Gasteiger partial charge in [-0.15, -0.1) is 0 Å². The molecule has 0 aromatic heterocycles. The first-order valence-electron chi connectivity index (χ1n) is 11.9. The molecule has 3 aromatic carbocycles. The minimum Gasteiger partial charge on any atom is -0.352 e. The fraction of sp³-hybridized carbons (Fsp3) is 0.333. The minimum absolute atomic E-state index is 0.0699. The van der Waals surface area contributed by atoms with Gasteiger partial charge < -0.3 is 10.2 Å². The van der Waals surface area contributed by atoms with E-state index in [1.54, 1.807) is 49.4 Å². The molecular weight excluding hydrogens is 533 g/mol. The molecule has 0 aliphatic rings. The van der Waals surface area contributed by atoms with E-state index in [0.29, 0.717) is 33.1 Å². The summed E-state index contributed by atoms with van der Waals surface area (Å²) in [4.78, 5) is 28.1. The first-order chi connectivity index (χ1) is 17.4. The quantitative estimate of drug-likeness (QED) is 0.365. The van der Waals surface area contributed by atoms with Crippen LogP contribution >= 0.6 is 23.2 Å². The van der Waals surface area contributed by atoms with E-state index in [1.807, 2.05) is 32.0 Å². The number of nitrogens with one attached hydrogen (secondary N) is 1. The third-order valence-corrected chi connectivity index (χ3v) is 8.11. The predicted molar refractivity (Wildman–Crippen MR) is 151 cm³/mol. The molecule has 0 unspecified atom stereocenters. The van der Waals surface area contributed by atoms with E-state index < -0.39 is 28.5 Å². The van der Waals surface area contributed by atoms with Gasteiger partial charge in [-0.05, 0) is 43.9 Å². The van der Waals surface area contributed by atoms with Gasteiger partial charge in [-0.2, -0.15) is 0 Å². The number of anilines is 1. The smallest absolute Gasteiger partial charge is 0.244 e. The summed E-state index contributed by atoms with van der Waals surface area (Å²) in [5.74, 6) is -0.928. The number of hydrogen-bond acceptors (Lipinski definition) is 4. The Hall–Kier alpha value is -2.81. The molecule has 7 nitrogen and oxygen atoms in total. The molecule has 37 heavy (non-hydrogen) atoms. The van der Waals surface area contributed by atoms with Crippen molar-refractivity contribution in [3.05, 3.63) is 76.3 Å². The van der Waals surface area contributed by atoms with E-state index in [-0.39, 0.29) is 18.5 Å². The van der Waals surface area contributed by atoms with Crippen LogP contribution in [0.1, 0.15) is 32.8 Å². The standard InChI is InChI=1S/C27H31Cl2N3O4S/c1-5-18(2)30-27(34)19(3)31(16-22-23(28)13-9-14-24(22)29)26(33)17-32(37(4,35)36)25-15-8-11-20-10-6-7-12-21(20)25/h6-15,18-19H,5,16-17H2,1-4H3,(H,30,34)/t18-,19-/m1/s1. The molecular formula is C27H31Cl2N3O4S. The van der Waals surface area contributed by atoms with E-state index in [1.165, 1.54) is 4.90 Å². The van der Waals surface area contributed by atoms with Crippen molar-refractivity contribution < 1.29 is 18.0 Å². The highest BCUT2D eigenvalue weighted by molar-refractivity contribution is 7.92. The largest absolute Gasteiger partial charge is 0.352 e. The molecule has 2 atom stereocenters. The monoisotopic (exact) mass is 563 g/mol. The molecule has 0 heterocycles. The molecule has 198 valence electrons. The van der Waals surface area contributed by atoms with E-state index in [4.69, 9.17) is 23.2 Å². The summed E-state index contributed by atoms with van der Waals surface area (Å²) in [7, 11) is -3.86. The van der Waals surface area contributed by atoms with Crippen molar-refractivity contribution in [3.8, 4) is 0 Å². The first-order valence-corrected chi connectivity index (χ1v) is 14.5. The molecule has 3 aromatic rings. The molecule has 10 heteroatoms. The maximum absolute atomic E-state index is 13.8. The fourth-order valence-corrected chi connectivity index (χ4v) is 5.30. The lowest BCUT2D eigenvalue weighted by Gasteiger charge is -2.32. The number of rotatable bonds is 10. The molecule has 0 aliphatic heterocycles. The van der Waals surface area contributed by atoms with Gasteiger partial charge in [0.05, 0.1) is 11.9 Å². The van der Waals surface area contributed by atoms with E-state index in [9.17, 15) is 18.0 Å². The number of carbonyl (C=O) groups excluding carboxylic acids is 2. The van der Waals surface area contributed by atoms with E-state index in [2.05, 4.69) is 5.32 Å². The Morgan fingerprint density at radius 3 is 2.16 bits per heavy atom. The van der Waals surface area contributed by atoms with E-state index >= 15 is 0 Å². The van der Waals surface area contributed by atoms with Crippen molar-refractivity contribution in [2.24, 2.45) is 0 Å². The van der Waals surface area contributed by atoms with Gasteiger partial charge in [-0.25, -0.2) is 8.42 Å². The second-order valence-electron chi connectivity index (χ2n) is 8.98. The van der Waals surface area contributed by atoms with Gasteiger partial charge >= 0.3 is 0 Å². The molecule has 0 saturated heterocycles. The number of amides is 2. The van der Waals surface area contributed by atoms with Crippen molar-refractivity contribution >= 4 is 61.5 Å². The Morgan fingerprint density at radius 2 is 1.54 bits per heavy atom. The van der Waals surface area contributed by atoms with Gasteiger partial charge in [0.1, 0.15) is 12.6 Å². The highest BCUT2D eigenvalue weighted by Crippen LogP contribution is 2.30. The van der Waals surface area contributed by atoms with Crippen LogP contribution in [0.15, 0.2) is 60.7 Å². The van der Waals surface area contributed by atoms with Crippen LogP contribution in [-0.2, 0) is 26.2 Å². The average Bonchev–Trinajstić information content (AvgIpc) is 2.85. The van der Waals surface area contributed by atoms with Gasteiger partial charge in [-0.3, -0.25) is 13.9 Å². The zero-order valence-corrected chi connectivity index (χ0v) is 23.6. The van der Waals surface area contributed by atoms with Crippen molar-refractivity contribution in [1.82, 2.24) is 10.2 Å². The average molecular weight is 565 g/mol. The zero-order chi connectivity index (χ0) is 27.3. The maximum Gasteiger partial charge on any atom is 0.244 e. The number of sulfonamides is 1. The summed E-state index contributed by atoms with van der Waals surface area (Å²) >= 11 is 12.8. The first kappa shape index (κ1) is 28.8. The van der Waals surface area contributed by atoms with Gasteiger partial charge in [0.2, 0.25) is 21.8 Å². The van der Waals surface area contributed by atoms with Crippen LogP contribution in [0.3, 0.4) is 0 Å². The van der Waals surface area contributed by atoms with Gasteiger partial charge in [-0.1, -0.05) is 72.6 Å². The van der Waals surface area contributed by atoms with Gasteiger partial charge in [0, 0.05) is 33.6 Å². The zero-order valence-electron chi connectivity index (χ0n) is 21.2. The highest BCUT2D eigenvalue weighted by atomic mass is 35.5. The number of halogens is 2. The van der Waals surface area contributed by atoms with Crippen molar-refractivity contribution in [2.45, 2.75) is 45.8 Å². The summed E-state index contributed by atoms with van der Waals surface area (Å²) < 4.78 is 26.9. The van der Waals surface area contributed by atoms with Gasteiger partial charge in [0.25, 0.3) is 0 Å². The third-order valence-electron chi connectivity index (χ3n) is 6.27. The lowest BCUT2D eigenvalue weighted by Crippen LogP contribution is -2.52. The summed E-state index contributed by atoms with van der Waals surface area (Å²) in [5.41, 5.74) is 0.847. The topological polar surface area (TPSA) is 86.8 Å². The Labute approximate surface area is 228 Å². The summed E-state index contributed by atoms with van der Waals surface area (Å²) in [6, 6.07) is 16.6. The second kappa shape index (κ2) is 12.2. The normalized spacial score (nSPS) is 13.1. The predicted octanol–water partition coefficient (Wildman–Crippen LogP) is 5.24. The summed E-state index contributed by atoms with van der Waals surface area (Å²) in [5, 5.41) is 5.09. The van der Waals surface area contributed by atoms with Crippen LogP contribution in [0.2, 0.25) is 10.0 Å². The molecule has 0 radical (unpaired) electrons. The Morgan fingerprint density at radius 1 is 0.946 bits per heavy atom. The van der Waals surface area contributed by atoms with Crippen LogP contribution in [-0.4, -0.2) is 50.0 Å². The summed E-state index contributed by atoms with van der Waals surface area (Å²) in [6.45, 7) is 4.84. The highest BCUT2D eigenvalue weighted by Gasteiger charge is 2.31. The summed E-state index contributed by atoms with van der Waals surface area (Å²) in [6.07, 6.45) is 1.77. The van der Waals surface area contributed by atoms with E-state index in [0.717, 1.165) is 15.9 Å². The number of carbonyl (C=O) groups is 2. The van der Waals surface area contributed by atoms with Gasteiger partial charge in [0.15, 0.2) is 0 Å². The Balaban J connectivity index is 2.03. The molecule has 0 spiro atoms. The SMILES string of the molecule is CC[C@@H](C)NC(=O)[C@@H](C)N(Cc1c(Cl)cccc1Cl)C(=O)CN(c1cccc2ccccc12)S(C)(=O)=O. The van der Waals surface area contributed by atoms with Crippen LogP contribution in [0.25, 0.3) is 10.8 Å². The van der Waals surface area contributed by atoms with Crippen LogP contribution < -0.4 is 9.62 Å². The maximum atomic E-state index is 13.8. The molecule has 0 fully saturated rings. The number of nitrogens with zero attached hydrogens (tertiary/aromatic N) is 2. The van der Waals surface area contributed by atoms with Crippen LogP contribution in [0.4, 0.5) is 5.69 Å². The third kappa shape index (κ3) is 6.94.